The highest BCUT2D eigenvalue weighted by atomic mass is 16.4. The van der Waals surface area contributed by atoms with E-state index in [-0.39, 0.29) is 24.7 Å². The van der Waals surface area contributed by atoms with Crippen LogP contribution in [0.25, 0.3) is 10.8 Å². The molecule has 3 aromatic rings. The second-order valence-corrected chi connectivity index (χ2v) is 9.52. The number of hydrogen-bond donors (Lipinski definition) is 2. The van der Waals surface area contributed by atoms with Crippen LogP contribution >= 0.6 is 0 Å². The first-order valence-corrected chi connectivity index (χ1v) is 12.5. The smallest absolute Gasteiger partial charge is 0.328 e. The Bertz CT molecular complexity index is 1340. The number of aromatic nitrogens is 1. The maximum atomic E-state index is 13.7. The molecule has 9 nitrogen and oxygen atoms in total. The Morgan fingerprint density at radius 3 is 2.43 bits per heavy atom. The third kappa shape index (κ3) is 4.89. The Labute approximate surface area is 214 Å². The molecule has 1 aromatic heterocycles. The van der Waals surface area contributed by atoms with Gasteiger partial charge in [0, 0.05) is 23.7 Å². The molecule has 190 valence electrons. The molecule has 2 fully saturated rings. The van der Waals surface area contributed by atoms with Crippen molar-refractivity contribution in [3.05, 3.63) is 78.1 Å². The van der Waals surface area contributed by atoms with Crippen LogP contribution < -0.4 is 5.32 Å². The molecule has 2 N–H and O–H groups in total. The number of carbonyl (C=O) groups is 4. The van der Waals surface area contributed by atoms with Crippen LogP contribution in [0.2, 0.25) is 0 Å². The fraction of sp³-hybridized carbons (Fsp3) is 0.321. The first kappa shape index (κ1) is 24.4. The number of piperazine rings is 1. The number of nitrogens with one attached hydrogen (secondary N) is 1. The van der Waals surface area contributed by atoms with Crippen LogP contribution in [-0.4, -0.2) is 74.8 Å². The molecule has 0 unspecified atom stereocenters. The van der Waals surface area contributed by atoms with Crippen molar-refractivity contribution in [3.8, 4) is 0 Å². The normalized spacial score (nSPS) is 22.1. The minimum absolute atomic E-state index is 0.114. The summed E-state index contributed by atoms with van der Waals surface area (Å²) in [5.41, 5.74) is 0.697. The van der Waals surface area contributed by atoms with Crippen LogP contribution in [0.15, 0.2) is 66.9 Å². The molecule has 2 aliphatic rings. The molecule has 37 heavy (non-hydrogen) atoms. The summed E-state index contributed by atoms with van der Waals surface area (Å²) in [6.07, 6.45) is 3.97. The van der Waals surface area contributed by atoms with Gasteiger partial charge >= 0.3 is 5.97 Å². The zero-order chi connectivity index (χ0) is 25.9. The zero-order valence-electron chi connectivity index (χ0n) is 20.2. The monoisotopic (exact) mass is 500 g/mol. The molecule has 9 heteroatoms. The highest BCUT2D eigenvalue weighted by molar-refractivity contribution is 6.06. The summed E-state index contributed by atoms with van der Waals surface area (Å²) in [4.78, 5) is 59.6. The molecule has 0 bridgehead atoms. The lowest BCUT2D eigenvalue weighted by Crippen LogP contribution is -2.67. The van der Waals surface area contributed by atoms with E-state index in [0.717, 1.165) is 11.8 Å². The molecule has 2 saturated heterocycles. The van der Waals surface area contributed by atoms with E-state index >= 15 is 0 Å². The zero-order valence-corrected chi connectivity index (χ0v) is 20.2. The predicted octanol–water partition coefficient (Wildman–Crippen LogP) is 2.71. The minimum Gasteiger partial charge on any atom is -0.480 e. The van der Waals surface area contributed by atoms with Gasteiger partial charge in [0.2, 0.25) is 5.91 Å². The molecule has 0 radical (unpaired) electrons. The number of carboxylic acids is 1. The van der Waals surface area contributed by atoms with E-state index in [9.17, 15) is 24.3 Å². The van der Waals surface area contributed by atoms with Crippen LogP contribution in [0.5, 0.6) is 0 Å². The van der Waals surface area contributed by atoms with Crippen molar-refractivity contribution in [1.82, 2.24) is 20.1 Å². The van der Waals surface area contributed by atoms with Gasteiger partial charge in [-0.15, -0.1) is 0 Å². The molecule has 2 aliphatic heterocycles. The Morgan fingerprint density at radius 1 is 0.919 bits per heavy atom. The van der Waals surface area contributed by atoms with Gasteiger partial charge in [0.15, 0.2) is 0 Å². The van der Waals surface area contributed by atoms with E-state index in [2.05, 4.69) is 10.3 Å². The number of amides is 3. The lowest BCUT2D eigenvalue weighted by molar-refractivity contribution is -0.158. The first-order chi connectivity index (χ1) is 17.9. The SMILES string of the molecule is O=C(N[C@H]1CCCC[C@H]2CN(C(=O)c3ccccc3)C[C@@H](C(=O)O)N2C1=O)c1nccc2ccccc12. The third-order valence-electron chi connectivity index (χ3n) is 7.17. The molecule has 2 aromatic carbocycles. The molecule has 0 saturated carbocycles. The molecule has 0 aliphatic carbocycles. The summed E-state index contributed by atoms with van der Waals surface area (Å²) in [6.45, 7) is 0.131. The minimum atomic E-state index is -1.20. The molecular formula is C28H28N4O5. The number of fused-ring (bicyclic) bond motifs is 2. The number of carboxylic acid groups (broad SMARTS) is 1. The van der Waals surface area contributed by atoms with Gasteiger partial charge in [0.05, 0.1) is 12.6 Å². The van der Waals surface area contributed by atoms with Crippen LogP contribution in [0.3, 0.4) is 0 Å². The molecule has 0 spiro atoms. The molecule has 5 rings (SSSR count). The van der Waals surface area contributed by atoms with Gasteiger partial charge in [0.1, 0.15) is 17.8 Å². The fourth-order valence-corrected chi connectivity index (χ4v) is 5.35. The number of rotatable bonds is 4. The van der Waals surface area contributed by atoms with E-state index in [1.165, 1.54) is 9.80 Å². The van der Waals surface area contributed by atoms with Crippen molar-refractivity contribution in [2.24, 2.45) is 0 Å². The standard InChI is InChI=1S/C28H28N4O5/c33-25(24-21-12-6-4-8-18(21)14-15-29-24)30-22-13-7-5-11-20-16-31(26(34)19-9-2-1-3-10-19)17-23(28(36)37)32(20)27(22)35/h1-4,6,8-10,12,14-15,20,22-23H,5,7,11,13,16-17H2,(H,30,33)(H,36,37)/t20-,22-,23-/m0/s1. The quantitative estimate of drug-likeness (QED) is 0.569. The van der Waals surface area contributed by atoms with Gasteiger partial charge in [0.25, 0.3) is 11.8 Å². The van der Waals surface area contributed by atoms with Crippen molar-refractivity contribution in [2.75, 3.05) is 13.1 Å². The second kappa shape index (κ2) is 10.4. The predicted molar refractivity (Wildman–Crippen MR) is 136 cm³/mol. The van der Waals surface area contributed by atoms with E-state index < -0.39 is 35.9 Å². The molecule has 3 amide bonds. The Hall–Kier alpha value is -4.27. The lowest BCUT2D eigenvalue weighted by Gasteiger charge is -2.47. The molecular weight excluding hydrogens is 472 g/mol. The maximum Gasteiger partial charge on any atom is 0.328 e. The number of hydrogen-bond acceptors (Lipinski definition) is 5. The summed E-state index contributed by atoms with van der Waals surface area (Å²) in [6, 6.07) is 15.4. The number of pyridine rings is 1. The van der Waals surface area contributed by atoms with Gasteiger partial charge in [-0.1, -0.05) is 55.3 Å². The van der Waals surface area contributed by atoms with Crippen molar-refractivity contribution in [1.29, 1.82) is 0 Å². The summed E-state index contributed by atoms with van der Waals surface area (Å²) in [7, 11) is 0. The van der Waals surface area contributed by atoms with Gasteiger partial charge in [-0.3, -0.25) is 19.4 Å². The average molecular weight is 501 g/mol. The first-order valence-electron chi connectivity index (χ1n) is 12.5. The van der Waals surface area contributed by atoms with Crippen LogP contribution in [0.4, 0.5) is 0 Å². The fourth-order valence-electron chi connectivity index (χ4n) is 5.35. The van der Waals surface area contributed by atoms with E-state index in [1.54, 1.807) is 36.5 Å². The van der Waals surface area contributed by atoms with E-state index in [4.69, 9.17) is 0 Å². The number of benzene rings is 2. The van der Waals surface area contributed by atoms with Crippen molar-refractivity contribution >= 4 is 34.5 Å². The highest BCUT2D eigenvalue weighted by Crippen LogP contribution is 2.27. The second-order valence-electron chi connectivity index (χ2n) is 9.52. The molecule has 3 atom stereocenters. The average Bonchev–Trinajstić information content (AvgIpc) is 2.92. The van der Waals surface area contributed by atoms with Crippen LogP contribution in [-0.2, 0) is 9.59 Å². The topological polar surface area (TPSA) is 120 Å². The number of nitrogens with zero attached hydrogens (tertiary/aromatic N) is 3. The van der Waals surface area contributed by atoms with E-state index in [1.807, 2.05) is 30.3 Å². The van der Waals surface area contributed by atoms with Crippen LogP contribution in [0, 0.1) is 0 Å². The third-order valence-corrected chi connectivity index (χ3v) is 7.17. The van der Waals surface area contributed by atoms with E-state index in [0.29, 0.717) is 30.2 Å². The van der Waals surface area contributed by atoms with Crippen molar-refractivity contribution in [2.45, 2.75) is 43.8 Å². The largest absolute Gasteiger partial charge is 0.480 e. The lowest BCUT2D eigenvalue weighted by atomic mass is 9.93. The van der Waals surface area contributed by atoms with Crippen molar-refractivity contribution < 1.29 is 24.3 Å². The number of aliphatic carboxylic acids is 1. The Morgan fingerprint density at radius 2 is 1.65 bits per heavy atom. The maximum absolute atomic E-state index is 13.7. The summed E-state index contributed by atoms with van der Waals surface area (Å²) in [5.74, 6) is -2.34. The summed E-state index contributed by atoms with van der Waals surface area (Å²) >= 11 is 0. The van der Waals surface area contributed by atoms with Crippen molar-refractivity contribution in [3.63, 3.8) is 0 Å². The van der Waals surface area contributed by atoms with Crippen LogP contribution in [0.1, 0.15) is 46.5 Å². The van der Waals surface area contributed by atoms with Gasteiger partial charge in [-0.25, -0.2) is 4.79 Å². The molecule has 3 heterocycles. The van der Waals surface area contributed by atoms with Gasteiger partial charge in [-0.2, -0.15) is 0 Å². The summed E-state index contributed by atoms with van der Waals surface area (Å²) in [5, 5.41) is 14.4. The van der Waals surface area contributed by atoms with Gasteiger partial charge in [-0.05, 0) is 36.4 Å². The summed E-state index contributed by atoms with van der Waals surface area (Å²) < 4.78 is 0. The van der Waals surface area contributed by atoms with Gasteiger partial charge < -0.3 is 20.2 Å². The number of carbonyl (C=O) groups excluding carboxylic acids is 3. The Balaban J connectivity index is 1.39. The highest BCUT2D eigenvalue weighted by Gasteiger charge is 2.45. The Kier molecular flexibility index (Phi) is 6.85.